The lowest BCUT2D eigenvalue weighted by Gasteiger charge is -2.20. The molecule has 24 heavy (non-hydrogen) atoms. The van der Waals surface area contributed by atoms with Gasteiger partial charge in [-0.3, -0.25) is 0 Å². The number of hydrogen-bond donors (Lipinski definition) is 0. The van der Waals surface area contributed by atoms with Crippen LogP contribution in [-0.4, -0.2) is 13.2 Å². The summed E-state index contributed by atoms with van der Waals surface area (Å²) in [6.45, 7) is 14.7. The molecule has 2 aromatic carbocycles. The molecule has 0 saturated heterocycles. The zero-order chi connectivity index (χ0) is 17.7. The van der Waals surface area contributed by atoms with Crippen molar-refractivity contribution in [3.05, 3.63) is 35.4 Å². The molecule has 0 aliphatic heterocycles. The van der Waals surface area contributed by atoms with Crippen LogP contribution in [0.1, 0.15) is 51.7 Å². The van der Waals surface area contributed by atoms with E-state index in [2.05, 4.69) is 65.8 Å². The van der Waals surface area contributed by atoms with E-state index in [-0.39, 0.29) is 0 Å². The van der Waals surface area contributed by atoms with Gasteiger partial charge in [0.2, 0.25) is 0 Å². The molecule has 2 nitrogen and oxygen atoms in total. The third kappa shape index (κ3) is 4.43. The van der Waals surface area contributed by atoms with Crippen molar-refractivity contribution in [1.29, 1.82) is 0 Å². The van der Waals surface area contributed by atoms with E-state index >= 15 is 0 Å². The maximum Gasteiger partial charge on any atom is 0.130 e. The summed E-state index contributed by atoms with van der Waals surface area (Å²) in [5, 5.41) is 2.31. The lowest BCUT2D eigenvalue weighted by molar-refractivity contribution is 0.284. The fourth-order valence-corrected chi connectivity index (χ4v) is 2.79. The summed E-state index contributed by atoms with van der Waals surface area (Å²) in [4.78, 5) is 0. The van der Waals surface area contributed by atoms with Crippen LogP contribution in [0.15, 0.2) is 24.3 Å². The van der Waals surface area contributed by atoms with Gasteiger partial charge < -0.3 is 9.47 Å². The summed E-state index contributed by atoms with van der Waals surface area (Å²) in [5.41, 5.74) is 2.38. The zero-order valence-corrected chi connectivity index (χ0v) is 16.1. The van der Waals surface area contributed by atoms with Crippen LogP contribution >= 0.6 is 0 Å². The summed E-state index contributed by atoms with van der Waals surface area (Å²) in [5.74, 6) is 3.33. The van der Waals surface area contributed by atoms with Gasteiger partial charge in [-0.15, -0.1) is 0 Å². The van der Waals surface area contributed by atoms with Gasteiger partial charge in [0.15, 0.2) is 0 Å². The molecular weight excluding hydrogens is 296 g/mol. The standard InChI is InChI=1S/C22H32O2/c1-15(2)11-13-23-21-17(5)18(6)22(24-14-12-16(3)4)20-10-8-7-9-19(20)21/h7-10,15-16H,11-14H2,1-6H3. The second-order valence-corrected chi connectivity index (χ2v) is 7.52. The number of hydrogen-bond acceptors (Lipinski definition) is 2. The first kappa shape index (κ1) is 18.6. The van der Waals surface area contributed by atoms with Gasteiger partial charge in [-0.2, -0.15) is 0 Å². The zero-order valence-electron chi connectivity index (χ0n) is 16.1. The molecule has 0 saturated carbocycles. The molecule has 0 N–H and O–H groups in total. The van der Waals surface area contributed by atoms with Gasteiger partial charge in [-0.25, -0.2) is 0 Å². The number of ether oxygens (including phenoxy) is 2. The van der Waals surface area contributed by atoms with E-state index in [0.717, 1.165) is 48.3 Å². The second kappa shape index (κ2) is 8.41. The largest absolute Gasteiger partial charge is 0.493 e. The molecule has 2 heteroatoms. The highest BCUT2D eigenvalue weighted by atomic mass is 16.5. The predicted octanol–water partition coefficient (Wildman–Crippen LogP) is 6.31. The molecule has 0 aliphatic rings. The van der Waals surface area contributed by atoms with Gasteiger partial charge in [-0.05, 0) is 49.7 Å². The van der Waals surface area contributed by atoms with E-state index < -0.39 is 0 Å². The summed E-state index contributed by atoms with van der Waals surface area (Å²) in [7, 11) is 0. The fourth-order valence-electron chi connectivity index (χ4n) is 2.79. The first-order chi connectivity index (χ1) is 11.4. The Hall–Kier alpha value is -1.70. The Kier molecular flexibility index (Phi) is 6.53. The smallest absolute Gasteiger partial charge is 0.130 e. The molecule has 2 rings (SSSR count). The van der Waals surface area contributed by atoms with E-state index in [1.54, 1.807) is 0 Å². The lowest BCUT2D eigenvalue weighted by Crippen LogP contribution is -2.07. The highest BCUT2D eigenvalue weighted by molar-refractivity contribution is 5.95. The molecule has 0 aromatic heterocycles. The molecule has 0 unspecified atom stereocenters. The molecule has 0 aliphatic carbocycles. The summed E-state index contributed by atoms with van der Waals surface area (Å²) in [6.07, 6.45) is 2.14. The van der Waals surface area contributed by atoms with Crippen molar-refractivity contribution in [3.63, 3.8) is 0 Å². The number of benzene rings is 2. The monoisotopic (exact) mass is 328 g/mol. The average molecular weight is 328 g/mol. The van der Waals surface area contributed by atoms with Crippen molar-refractivity contribution in [3.8, 4) is 11.5 Å². The van der Waals surface area contributed by atoms with Crippen molar-refractivity contribution in [2.45, 2.75) is 54.4 Å². The first-order valence-corrected chi connectivity index (χ1v) is 9.19. The van der Waals surface area contributed by atoms with Crippen molar-refractivity contribution >= 4 is 10.8 Å². The van der Waals surface area contributed by atoms with Gasteiger partial charge >= 0.3 is 0 Å². The van der Waals surface area contributed by atoms with Gasteiger partial charge in [0.25, 0.3) is 0 Å². The summed E-state index contributed by atoms with van der Waals surface area (Å²) < 4.78 is 12.4. The summed E-state index contributed by atoms with van der Waals surface area (Å²) >= 11 is 0. The van der Waals surface area contributed by atoms with Crippen LogP contribution in [0, 0.1) is 25.7 Å². The molecular formula is C22H32O2. The number of fused-ring (bicyclic) bond motifs is 1. The minimum Gasteiger partial charge on any atom is -0.493 e. The molecule has 0 spiro atoms. The average Bonchev–Trinajstić information content (AvgIpc) is 2.53. The second-order valence-electron chi connectivity index (χ2n) is 7.52. The molecule has 0 heterocycles. The third-order valence-corrected chi connectivity index (χ3v) is 4.54. The maximum absolute atomic E-state index is 6.18. The normalized spacial score (nSPS) is 11.5. The predicted molar refractivity (Wildman–Crippen MR) is 103 cm³/mol. The highest BCUT2D eigenvalue weighted by Crippen LogP contribution is 2.40. The molecule has 2 aromatic rings. The SMILES string of the molecule is Cc1c(C)c(OCCC(C)C)c2ccccc2c1OCCC(C)C. The van der Waals surface area contributed by atoms with Gasteiger partial charge in [0.05, 0.1) is 13.2 Å². The van der Waals surface area contributed by atoms with E-state index in [4.69, 9.17) is 9.47 Å². The summed E-state index contributed by atoms with van der Waals surface area (Å²) in [6, 6.07) is 8.43. The van der Waals surface area contributed by atoms with Gasteiger partial charge in [0.1, 0.15) is 11.5 Å². The van der Waals surface area contributed by atoms with Crippen molar-refractivity contribution in [1.82, 2.24) is 0 Å². The quantitative estimate of drug-likeness (QED) is 0.565. The molecule has 0 atom stereocenters. The van der Waals surface area contributed by atoms with Crippen LogP contribution in [0.5, 0.6) is 11.5 Å². The number of rotatable bonds is 8. The maximum atomic E-state index is 6.18. The fraction of sp³-hybridized carbons (Fsp3) is 0.545. The molecule has 0 bridgehead atoms. The van der Waals surface area contributed by atoms with Crippen LogP contribution in [-0.2, 0) is 0 Å². The highest BCUT2D eigenvalue weighted by Gasteiger charge is 2.16. The van der Waals surface area contributed by atoms with Crippen LogP contribution < -0.4 is 9.47 Å². The molecule has 132 valence electrons. The molecule has 0 radical (unpaired) electrons. The van der Waals surface area contributed by atoms with E-state index in [1.165, 1.54) is 11.1 Å². The Morgan fingerprint density at radius 1 is 0.708 bits per heavy atom. The topological polar surface area (TPSA) is 18.5 Å². The van der Waals surface area contributed by atoms with Crippen LogP contribution in [0.3, 0.4) is 0 Å². The minimum atomic E-state index is 0.649. The Balaban J connectivity index is 2.37. The minimum absolute atomic E-state index is 0.649. The van der Waals surface area contributed by atoms with Crippen LogP contribution in [0.2, 0.25) is 0 Å². The van der Waals surface area contributed by atoms with Crippen molar-refractivity contribution in [2.24, 2.45) is 11.8 Å². The Labute approximate surface area is 147 Å². The van der Waals surface area contributed by atoms with Crippen molar-refractivity contribution < 1.29 is 9.47 Å². The van der Waals surface area contributed by atoms with E-state index in [1.807, 2.05) is 0 Å². The Morgan fingerprint density at radius 3 is 1.42 bits per heavy atom. The Bertz CT molecular complexity index is 613. The molecule has 0 fully saturated rings. The van der Waals surface area contributed by atoms with Crippen LogP contribution in [0.4, 0.5) is 0 Å². The Morgan fingerprint density at radius 2 is 1.08 bits per heavy atom. The molecule has 0 amide bonds. The van der Waals surface area contributed by atoms with Crippen LogP contribution in [0.25, 0.3) is 10.8 Å². The van der Waals surface area contributed by atoms with Gasteiger partial charge in [0, 0.05) is 10.8 Å². The van der Waals surface area contributed by atoms with Gasteiger partial charge in [-0.1, -0.05) is 52.0 Å². The first-order valence-electron chi connectivity index (χ1n) is 9.19. The van der Waals surface area contributed by atoms with E-state index in [9.17, 15) is 0 Å². The third-order valence-electron chi connectivity index (χ3n) is 4.54. The van der Waals surface area contributed by atoms with Crippen molar-refractivity contribution in [2.75, 3.05) is 13.2 Å². The lowest BCUT2D eigenvalue weighted by atomic mass is 9.99. The van der Waals surface area contributed by atoms with E-state index in [0.29, 0.717) is 11.8 Å².